The standard InChI is InChI=1S/C25H26N6OS/c1-29-11-13-30(14-12-29)23-16-19(9-10-26-23)17-27-25(32)21-18-31(20-6-3-2-4-7-20)28-24(21)22-8-5-15-33-22/h2-10,15-16,18H,11-14,17H2,1H3,(H,27,32). The molecule has 0 radical (unpaired) electrons. The number of para-hydroxylation sites is 1. The molecule has 7 nitrogen and oxygen atoms in total. The number of nitrogens with one attached hydrogen (secondary N) is 1. The van der Waals surface area contributed by atoms with Crippen LogP contribution >= 0.6 is 11.3 Å². The van der Waals surface area contributed by atoms with E-state index >= 15 is 0 Å². The predicted octanol–water partition coefficient (Wildman–Crippen LogP) is 3.68. The molecule has 1 amide bonds. The molecule has 0 saturated carbocycles. The van der Waals surface area contributed by atoms with E-state index < -0.39 is 0 Å². The van der Waals surface area contributed by atoms with Crippen molar-refractivity contribution in [1.29, 1.82) is 0 Å². The Labute approximate surface area is 197 Å². The Kier molecular flexibility index (Phi) is 6.19. The second-order valence-corrected chi connectivity index (χ2v) is 9.09. The number of nitrogens with zero attached hydrogens (tertiary/aromatic N) is 5. The van der Waals surface area contributed by atoms with Crippen LogP contribution in [-0.2, 0) is 6.54 Å². The van der Waals surface area contributed by atoms with Crippen molar-refractivity contribution in [2.45, 2.75) is 6.54 Å². The highest BCUT2D eigenvalue weighted by Gasteiger charge is 2.20. The summed E-state index contributed by atoms with van der Waals surface area (Å²) >= 11 is 1.58. The van der Waals surface area contributed by atoms with E-state index in [0.717, 1.165) is 48.1 Å². The van der Waals surface area contributed by atoms with E-state index in [2.05, 4.69) is 33.2 Å². The predicted molar refractivity (Wildman–Crippen MR) is 132 cm³/mol. The van der Waals surface area contributed by atoms with Crippen LogP contribution in [0.15, 0.2) is 72.4 Å². The van der Waals surface area contributed by atoms with Crippen molar-refractivity contribution in [1.82, 2.24) is 25.0 Å². The summed E-state index contributed by atoms with van der Waals surface area (Å²) in [5.74, 6) is 0.824. The molecule has 33 heavy (non-hydrogen) atoms. The van der Waals surface area contributed by atoms with E-state index in [-0.39, 0.29) is 5.91 Å². The van der Waals surface area contributed by atoms with Gasteiger partial charge in [-0.25, -0.2) is 9.67 Å². The number of benzene rings is 1. The van der Waals surface area contributed by atoms with E-state index in [1.807, 2.05) is 66.3 Å². The van der Waals surface area contributed by atoms with Crippen molar-refractivity contribution >= 4 is 23.1 Å². The van der Waals surface area contributed by atoms with Crippen LogP contribution in [0.4, 0.5) is 5.82 Å². The summed E-state index contributed by atoms with van der Waals surface area (Å²) in [6.45, 7) is 4.41. The van der Waals surface area contributed by atoms with Gasteiger partial charge < -0.3 is 15.1 Å². The summed E-state index contributed by atoms with van der Waals surface area (Å²) in [6, 6.07) is 17.8. The molecule has 1 N–H and O–H groups in total. The minimum atomic E-state index is -0.140. The minimum absolute atomic E-state index is 0.140. The van der Waals surface area contributed by atoms with E-state index in [1.54, 1.807) is 16.0 Å². The summed E-state index contributed by atoms with van der Waals surface area (Å²) in [7, 11) is 2.14. The van der Waals surface area contributed by atoms with Crippen molar-refractivity contribution in [3.63, 3.8) is 0 Å². The van der Waals surface area contributed by atoms with Gasteiger partial charge in [0.15, 0.2) is 0 Å². The normalized spacial score (nSPS) is 14.4. The largest absolute Gasteiger partial charge is 0.354 e. The number of anilines is 1. The third-order valence-corrected chi connectivity index (χ3v) is 6.70. The van der Waals surface area contributed by atoms with E-state index in [4.69, 9.17) is 5.10 Å². The number of carbonyl (C=O) groups is 1. The average molecular weight is 459 g/mol. The summed E-state index contributed by atoms with van der Waals surface area (Å²) < 4.78 is 1.77. The Morgan fingerprint density at radius 3 is 2.64 bits per heavy atom. The summed E-state index contributed by atoms with van der Waals surface area (Å²) in [6.07, 6.45) is 3.63. The highest BCUT2D eigenvalue weighted by atomic mass is 32.1. The van der Waals surface area contributed by atoms with Crippen molar-refractivity contribution < 1.29 is 4.79 Å². The summed E-state index contributed by atoms with van der Waals surface area (Å²) in [4.78, 5) is 23.3. The summed E-state index contributed by atoms with van der Waals surface area (Å²) in [5, 5.41) is 9.80. The van der Waals surface area contributed by atoms with Crippen LogP contribution in [0, 0.1) is 0 Å². The van der Waals surface area contributed by atoms with E-state index in [1.165, 1.54) is 0 Å². The van der Waals surface area contributed by atoms with Gasteiger partial charge in [0.05, 0.1) is 16.1 Å². The molecule has 3 aromatic heterocycles. The molecular weight excluding hydrogens is 432 g/mol. The fourth-order valence-electron chi connectivity index (χ4n) is 3.90. The molecule has 1 aromatic carbocycles. The number of pyridine rings is 1. The fraction of sp³-hybridized carbons (Fsp3) is 0.240. The molecule has 1 fully saturated rings. The third-order valence-electron chi connectivity index (χ3n) is 5.82. The average Bonchev–Trinajstić information content (AvgIpc) is 3.54. The molecule has 1 aliphatic rings. The second kappa shape index (κ2) is 9.56. The summed E-state index contributed by atoms with van der Waals surface area (Å²) in [5.41, 5.74) is 3.20. The zero-order valence-electron chi connectivity index (χ0n) is 18.5. The van der Waals surface area contributed by atoms with Crippen molar-refractivity contribution in [3.05, 3.63) is 83.5 Å². The first-order chi connectivity index (χ1) is 16.2. The molecule has 0 aliphatic carbocycles. The van der Waals surface area contributed by atoms with E-state index in [0.29, 0.717) is 17.8 Å². The number of rotatable bonds is 6. The molecule has 1 saturated heterocycles. The van der Waals surface area contributed by atoms with E-state index in [9.17, 15) is 4.79 Å². The molecule has 0 spiro atoms. The number of thiophene rings is 1. The first-order valence-electron chi connectivity index (χ1n) is 11.0. The van der Waals surface area contributed by atoms with Crippen LogP contribution in [0.1, 0.15) is 15.9 Å². The van der Waals surface area contributed by atoms with Gasteiger partial charge in [-0.1, -0.05) is 24.3 Å². The molecule has 5 rings (SSSR count). The molecule has 168 valence electrons. The monoisotopic (exact) mass is 458 g/mol. The van der Waals surface area contributed by atoms with Gasteiger partial charge in [0, 0.05) is 45.1 Å². The van der Waals surface area contributed by atoms with Gasteiger partial charge in [-0.3, -0.25) is 4.79 Å². The van der Waals surface area contributed by atoms with Crippen LogP contribution in [0.2, 0.25) is 0 Å². The molecule has 4 heterocycles. The van der Waals surface area contributed by atoms with Crippen molar-refractivity contribution in [2.75, 3.05) is 38.1 Å². The number of carbonyl (C=O) groups excluding carboxylic acids is 1. The maximum absolute atomic E-state index is 13.2. The zero-order valence-corrected chi connectivity index (χ0v) is 19.3. The van der Waals surface area contributed by atoms with Gasteiger partial charge in [-0.15, -0.1) is 11.3 Å². The quantitative estimate of drug-likeness (QED) is 0.478. The first-order valence-corrected chi connectivity index (χ1v) is 11.9. The third kappa shape index (κ3) is 4.81. The lowest BCUT2D eigenvalue weighted by Gasteiger charge is -2.33. The van der Waals surface area contributed by atoms with Gasteiger partial charge in [-0.2, -0.15) is 5.10 Å². The topological polar surface area (TPSA) is 66.3 Å². The lowest BCUT2D eigenvalue weighted by atomic mass is 10.2. The Bertz CT molecular complexity index is 1210. The highest BCUT2D eigenvalue weighted by molar-refractivity contribution is 7.13. The van der Waals surface area contributed by atoms with Gasteiger partial charge in [0.25, 0.3) is 5.91 Å². The molecule has 0 atom stereocenters. The highest BCUT2D eigenvalue weighted by Crippen LogP contribution is 2.28. The van der Waals surface area contributed by atoms with Crippen molar-refractivity contribution in [2.24, 2.45) is 0 Å². The number of piperazine rings is 1. The van der Waals surface area contributed by atoms with Gasteiger partial charge in [0.2, 0.25) is 0 Å². The lowest BCUT2D eigenvalue weighted by molar-refractivity contribution is 0.0951. The van der Waals surface area contributed by atoms with Crippen LogP contribution < -0.4 is 10.2 Å². The van der Waals surface area contributed by atoms with Crippen LogP contribution in [0.5, 0.6) is 0 Å². The smallest absolute Gasteiger partial charge is 0.255 e. The number of hydrogen-bond acceptors (Lipinski definition) is 6. The molecule has 0 unspecified atom stereocenters. The van der Waals surface area contributed by atoms with Crippen molar-refractivity contribution in [3.8, 4) is 16.3 Å². The molecule has 1 aliphatic heterocycles. The Morgan fingerprint density at radius 2 is 1.88 bits per heavy atom. The number of aromatic nitrogens is 3. The van der Waals surface area contributed by atoms with Gasteiger partial charge in [0.1, 0.15) is 11.5 Å². The van der Waals surface area contributed by atoms with Crippen LogP contribution in [-0.4, -0.2) is 58.8 Å². The maximum Gasteiger partial charge on any atom is 0.255 e. The zero-order chi connectivity index (χ0) is 22.6. The number of likely N-dealkylation sites (N-methyl/N-ethyl adjacent to an activating group) is 1. The molecule has 4 aromatic rings. The van der Waals surface area contributed by atoms with Crippen LogP contribution in [0.25, 0.3) is 16.3 Å². The second-order valence-electron chi connectivity index (χ2n) is 8.14. The minimum Gasteiger partial charge on any atom is -0.354 e. The Balaban J connectivity index is 1.34. The molecule has 8 heteroatoms. The number of amides is 1. The lowest BCUT2D eigenvalue weighted by Crippen LogP contribution is -2.44. The fourth-order valence-corrected chi connectivity index (χ4v) is 4.63. The molecule has 0 bridgehead atoms. The van der Waals surface area contributed by atoms with Gasteiger partial charge in [-0.05, 0) is 48.3 Å². The first kappa shape index (κ1) is 21.4. The molecular formula is C25H26N6OS. The number of hydrogen-bond donors (Lipinski definition) is 1. The maximum atomic E-state index is 13.2. The SMILES string of the molecule is CN1CCN(c2cc(CNC(=O)c3cn(-c4ccccc4)nc3-c3cccs3)ccn2)CC1. The van der Waals surface area contributed by atoms with Crippen LogP contribution in [0.3, 0.4) is 0 Å². The Hall–Kier alpha value is -3.49. The van der Waals surface area contributed by atoms with Gasteiger partial charge >= 0.3 is 0 Å². The Morgan fingerprint density at radius 1 is 1.06 bits per heavy atom.